The van der Waals surface area contributed by atoms with Gasteiger partial charge in [-0.15, -0.1) is 0 Å². The van der Waals surface area contributed by atoms with E-state index in [-0.39, 0.29) is 11.2 Å². The lowest BCUT2D eigenvalue weighted by molar-refractivity contribution is -0.133. The van der Waals surface area contributed by atoms with Gasteiger partial charge in [0.25, 0.3) is 0 Å². The highest BCUT2D eigenvalue weighted by molar-refractivity contribution is 8.00. The number of imidazole rings is 1. The summed E-state index contributed by atoms with van der Waals surface area (Å²) >= 11 is 1.53. The summed E-state index contributed by atoms with van der Waals surface area (Å²) < 4.78 is 0. The van der Waals surface area contributed by atoms with Gasteiger partial charge in [0, 0.05) is 12.6 Å². The first-order chi connectivity index (χ1) is 11.2. The Labute approximate surface area is 142 Å². The van der Waals surface area contributed by atoms with Gasteiger partial charge in [0.05, 0.1) is 16.3 Å². The van der Waals surface area contributed by atoms with Gasteiger partial charge in [-0.25, -0.2) is 4.98 Å². The second-order valence-corrected chi connectivity index (χ2v) is 7.56. The molecule has 1 saturated carbocycles. The third-order valence-corrected chi connectivity index (χ3v) is 5.61. The summed E-state index contributed by atoms with van der Waals surface area (Å²) in [4.78, 5) is 22.8. The number of nitrogens with zero attached hydrogens (tertiary/aromatic N) is 2. The molecule has 23 heavy (non-hydrogen) atoms. The summed E-state index contributed by atoms with van der Waals surface area (Å²) in [5.74, 6) is 0.241. The zero-order chi connectivity index (χ0) is 16.2. The quantitative estimate of drug-likeness (QED) is 0.834. The van der Waals surface area contributed by atoms with Crippen LogP contribution in [0.25, 0.3) is 11.0 Å². The molecule has 3 rings (SSSR count). The van der Waals surface area contributed by atoms with E-state index in [1.54, 1.807) is 0 Å². The number of carbonyl (C=O) groups is 1. The van der Waals surface area contributed by atoms with Crippen molar-refractivity contribution in [2.75, 3.05) is 6.54 Å². The molecule has 1 N–H and O–H groups in total. The van der Waals surface area contributed by atoms with Crippen LogP contribution in [0.15, 0.2) is 29.4 Å². The van der Waals surface area contributed by atoms with Crippen LogP contribution in [0.5, 0.6) is 0 Å². The minimum atomic E-state index is -0.113. The summed E-state index contributed by atoms with van der Waals surface area (Å²) in [6.45, 7) is 4.88. The fraction of sp³-hybridized carbons (Fsp3) is 0.556. The average Bonchev–Trinajstić information content (AvgIpc) is 2.98. The third kappa shape index (κ3) is 3.71. The van der Waals surface area contributed by atoms with E-state index in [4.69, 9.17) is 0 Å². The number of rotatable bonds is 5. The molecule has 1 amide bonds. The van der Waals surface area contributed by atoms with Crippen LogP contribution in [0.4, 0.5) is 0 Å². The van der Waals surface area contributed by atoms with E-state index in [0.717, 1.165) is 35.6 Å². The fourth-order valence-electron chi connectivity index (χ4n) is 3.42. The van der Waals surface area contributed by atoms with Crippen molar-refractivity contribution in [3.63, 3.8) is 0 Å². The first-order valence-corrected chi connectivity index (χ1v) is 9.49. The van der Waals surface area contributed by atoms with E-state index < -0.39 is 0 Å². The number of aromatic nitrogens is 2. The molecule has 1 atom stereocenters. The van der Waals surface area contributed by atoms with E-state index in [1.807, 2.05) is 31.2 Å². The molecule has 0 bridgehead atoms. The summed E-state index contributed by atoms with van der Waals surface area (Å²) in [7, 11) is 0. The molecule has 0 spiro atoms. The van der Waals surface area contributed by atoms with Crippen molar-refractivity contribution in [2.24, 2.45) is 0 Å². The number of nitrogens with one attached hydrogen (secondary N) is 1. The van der Waals surface area contributed by atoms with Gasteiger partial charge < -0.3 is 9.88 Å². The number of para-hydroxylation sites is 2. The standard InChI is InChI=1S/C18H25N3OS/c1-3-21(14-9-5-4-6-10-14)17(22)13(2)23-18-19-15-11-7-8-12-16(15)20-18/h7-8,11-14H,3-6,9-10H2,1-2H3,(H,19,20). The normalized spacial score (nSPS) is 17.3. The van der Waals surface area contributed by atoms with Crippen LogP contribution in [0.3, 0.4) is 0 Å². The van der Waals surface area contributed by atoms with E-state index in [9.17, 15) is 4.79 Å². The zero-order valence-electron chi connectivity index (χ0n) is 13.9. The predicted molar refractivity (Wildman–Crippen MR) is 95.7 cm³/mol. The lowest BCUT2D eigenvalue weighted by Gasteiger charge is -2.35. The maximum Gasteiger partial charge on any atom is 0.236 e. The molecule has 1 unspecified atom stereocenters. The molecule has 1 aliphatic rings. The van der Waals surface area contributed by atoms with Gasteiger partial charge in [-0.05, 0) is 38.8 Å². The minimum Gasteiger partial charge on any atom is -0.339 e. The Morgan fingerprint density at radius 2 is 2.09 bits per heavy atom. The van der Waals surface area contributed by atoms with E-state index >= 15 is 0 Å². The van der Waals surface area contributed by atoms with Crippen molar-refractivity contribution in [3.05, 3.63) is 24.3 Å². The highest BCUT2D eigenvalue weighted by atomic mass is 32.2. The monoisotopic (exact) mass is 331 g/mol. The number of carbonyl (C=O) groups excluding carboxylic acids is 1. The molecule has 4 nitrogen and oxygen atoms in total. The molecule has 1 aliphatic carbocycles. The Hall–Kier alpha value is -1.49. The molecule has 1 aromatic carbocycles. The molecule has 5 heteroatoms. The van der Waals surface area contributed by atoms with Gasteiger partial charge in [0.2, 0.25) is 5.91 Å². The van der Waals surface area contributed by atoms with Gasteiger partial charge in [-0.3, -0.25) is 4.79 Å². The number of aromatic amines is 1. The van der Waals surface area contributed by atoms with E-state index in [0.29, 0.717) is 6.04 Å². The number of hydrogen-bond donors (Lipinski definition) is 1. The Morgan fingerprint density at radius 3 is 2.78 bits per heavy atom. The zero-order valence-corrected chi connectivity index (χ0v) is 14.7. The van der Waals surface area contributed by atoms with Crippen molar-refractivity contribution < 1.29 is 4.79 Å². The molecule has 1 aromatic heterocycles. The van der Waals surface area contributed by atoms with Crippen LogP contribution in [-0.4, -0.2) is 38.6 Å². The van der Waals surface area contributed by atoms with Crippen LogP contribution in [0, 0.1) is 0 Å². The summed E-state index contributed by atoms with van der Waals surface area (Å²) in [5, 5.41) is 0.712. The highest BCUT2D eigenvalue weighted by Crippen LogP contribution is 2.28. The molecular weight excluding hydrogens is 306 g/mol. The Morgan fingerprint density at radius 1 is 1.35 bits per heavy atom. The van der Waals surface area contributed by atoms with Gasteiger partial charge in [0.1, 0.15) is 0 Å². The SMILES string of the molecule is CCN(C(=O)C(C)Sc1nc2ccccc2[nH]1)C1CCCCC1. The largest absolute Gasteiger partial charge is 0.339 e. The average molecular weight is 331 g/mol. The van der Waals surface area contributed by atoms with Crippen LogP contribution in [-0.2, 0) is 4.79 Å². The van der Waals surface area contributed by atoms with Crippen molar-refractivity contribution in [1.82, 2.24) is 14.9 Å². The van der Waals surface area contributed by atoms with Crippen LogP contribution in [0.1, 0.15) is 46.0 Å². The third-order valence-electron chi connectivity index (χ3n) is 4.64. The molecule has 124 valence electrons. The summed E-state index contributed by atoms with van der Waals surface area (Å²) in [6.07, 6.45) is 6.12. The van der Waals surface area contributed by atoms with Crippen LogP contribution >= 0.6 is 11.8 Å². The molecular formula is C18H25N3OS. The van der Waals surface area contributed by atoms with Crippen molar-refractivity contribution >= 4 is 28.7 Å². The molecule has 0 aliphatic heterocycles. The van der Waals surface area contributed by atoms with Crippen LogP contribution < -0.4 is 0 Å². The molecule has 1 heterocycles. The summed E-state index contributed by atoms with van der Waals surface area (Å²) in [6, 6.07) is 8.40. The Kier molecular flexibility index (Phi) is 5.26. The van der Waals surface area contributed by atoms with Crippen LogP contribution in [0.2, 0.25) is 0 Å². The highest BCUT2D eigenvalue weighted by Gasteiger charge is 2.28. The molecule has 1 fully saturated rings. The van der Waals surface area contributed by atoms with Crippen molar-refractivity contribution in [3.8, 4) is 0 Å². The number of fused-ring (bicyclic) bond motifs is 1. The number of benzene rings is 1. The van der Waals surface area contributed by atoms with Gasteiger partial charge in [0.15, 0.2) is 5.16 Å². The van der Waals surface area contributed by atoms with Crippen molar-refractivity contribution in [2.45, 2.75) is 62.4 Å². The summed E-state index contributed by atoms with van der Waals surface area (Å²) in [5.41, 5.74) is 1.98. The predicted octanol–water partition coefficient (Wildman–Crippen LogP) is 4.22. The lowest BCUT2D eigenvalue weighted by Crippen LogP contribution is -2.44. The fourth-order valence-corrected chi connectivity index (χ4v) is 4.31. The van der Waals surface area contributed by atoms with E-state index in [1.165, 1.54) is 31.0 Å². The van der Waals surface area contributed by atoms with Gasteiger partial charge in [-0.2, -0.15) is 0 Å². The minimum absolute atomic E-state index is 0.113. The lowest BCUT2D eigenvalue weighted by atomic mass is 9.94. The molecule has 0 saturated heterocycles. The first-order valence-electron chi connectivity index (χ1n) is 8.61. The second-order valence-electron chi connectivity index (χ2n) is 6.24. The smallest absolute Gasteiger partial charge is 0.236 e. The first kappa shape index (κ1) is 16.4. The van der Waals surface area contributed by atoms with Crippen molar-refractivity contribution in [1.29, 1.82) is 0 Å². The molecule has 2 aromatic rings. The Balaban J connectivity index is 1.68. The van der Waals surface area contributed by atoms with Gasteiger partial charge in [-0.1, -0.05) is 43.2 Å². The van der Waals surface area contributed by atoms with Gasteiger partial charge >= 0.3 is 0 Å². The number of hydrogen-bond acceptors (Lipinski definition) is 3. The number of H-pyrrole nitrogens is 1. The van der Waals surface area contributed by atoms with E-state index in [2.05, 4.69) is 21.8 Å². The number of amides is 1. The Bertz CT molecular complexity index is 630. The molecule has 0 radical (unpaired) electrons. The second kappa shape index (κ2) is 7.39. The maximum absolute atomic E-state index is 12.9. The maximum atomic E-state index is 12.9. The number of thioether (sulfide) groups is 1. The topological polar surface area (TPSA) is 49.0 Å².